The van der Waals surface area contributed by atoms with Gasteiger partial charge in [0, 0.05) is 23.9 Å². The number of aryl methyl sites for hydroxylation is 1. The lowest BCUT2D eigenvalue weighted by atomic mass is 10.1. The Morgan fingerprint density at radius 1 is 1.20 bits per heavy atom. The lowest BCUT2D eigenvalue weighted by molar-refractivity contribution is 0.559. The zero-order valence-corrected chi connectivity index (χ0v) is 14.9. The summed E-state index contributed by atoms with van der Waals surface area (Å²) in [4.78, 5) is 4.62. The molecule has 0 bridgehead atoms. The average molecular weight is 356 g/mol. The molecular weight excluding hydrogens is 336 g/mol. The number of hydrogen-bond acceptors (Lipinski definition) is 4. The molecule has 2 aromatic heterocycles. The predicted octanol–water partition coefficient (Wildman–Crippen LogP) is 2.79. The minimum Gasteiger partial charge on any atom is -0.326 e. The first-order chi connectivity index (χ1) is 12.1. The summed E-state index contributed by atoms with van der Waals surface area (Å²) in [5, 5.41) is 4.38. The molecule has 4 rings (SSSR count). The summed E-state index contributed by atoms with van der Waals surface area (Å²) in [6.07, 6.45) is 6.21. The van der Waals surface area contributed by atoms with Crippen LogP contribution in [0.3, 0.4) is 0 Å². The second-order valence-electron chi connectivity index (χ2n) is 6.36. The first-order valence-electron chi connectivity index (χ1n) is 8.43. The van der Waals surface area contributed by atoms with Gasteiger partial charge in [-0.2, -0.15) is 5.10 Å². The molecule has 1 aliphatic rings. The molecule has 130 valence electrons. The third-order valence-corrected chi connectivity index (χ3v) is 6.42. The van der Waals surface area contributed by atoms with Crippen LogP contribution in [0.25, 0.3) is 22.5 Å². The van der Waals surface area contributed by atoms with Crippen LogP contribution in [0.15, 0.2) is 49.1 Å². The third-order valence-electron chi connectivity index (χ3n) is 4.67. The van der Waals surface area contributed by atoms with Gasteiger partial charge in [0.25, 0.3) is 0 Å². The molecule has 0 aliphatic carbocycles. The van der Waals surface area contributed by atoms with E-state index in [0.717, 1.165) is 29.1 Å². The molecule has 1 saturated heterocycles. The average Bonchev–Trinajstić information content (AvgIpc) is 3.32. The van der Waals surface area contributed by atoms with Gasteiger partial charge in [-0.25, -0.2) is 13.4 Å². The molecule has 25 heavy (non-hydrogen) atoms. The summed E-state index contributed by atoms with van der Waals surface area (Å²) in [5.41, 5.74) is 3.78. The molecule has 0 radical (unpaired) electrons. The maximum Gasteiger partial charge on any atom is 0.152 e. The number of nitrogens with zero attached hydrogens (tertiary/aromatic N) is 4. The van der Waals surface area contributed by atoms with Crippen molar-refractivity contribution in [3.05, 3.63) is 49.1 Å². The molecule has 1 aliphatic heterocycles. The van der Waals surface area contributed by atoms with Crippen molar-refractivity contribution in [3.8, 4) is 22.5 Å². The van der Waals surface area contributed by atoms with E-state index in [1.165, 1.54) is 0 Å². The monoisotopic (exact) mass is 356 g/mol. The van der Waals surface area contributed by atoms with Crippen LogP contribution in [0, 0.1) is 0 Å². The minimum absolute atomic E-state index is 0.0741. The normalized spacial score (nSPS) is 19.3. The van der Waals surface area contributed by atoms with Gasteiger partial charge in [-0.05, 0) is 13.3 Å². The van der Waals surface area contributed by atoms with Crippen LogP contribution in [0.5, 0.6) is 0 Å². The summed E-state index contributed by atoms with van der Waals surface area (Å²) in [6.45, 7) is 2.82. The Bertz CT molecular complexity index is 989. The van der Waals surface area contributed by atoms with Crippen LogP contribution in [-0.4, -0.2) is 39.3 Å². The molecule has 7 heteroatoms. The van der Waals surface area contributed by atoms with Crippen molar-refractivity contribution < 1.29 is 8.42 Å². The quantitative estimate of drug-likeness (QED) is 0.721. The van der Waals surface area contributed by atoms with E-state index in [2.05, 4.69) is 10.1 Å². The van der Waals surface area contributed by atoms with Crippen LogP contribution >= 0.6 is 0 Å². The zero-order valence-electron chi connectivity index (χ0n) is 14.0. The van der Waals surface area contributed by atoms with E-state index >= 15 is 0 Å². The van der Waals surface area contributed by atoms with E-state index in [1.807, 2.05) is 58.9 Å². The van der Waals surface area contributed by atoms with Crippen molar-refractivity contribution in [1.82, 2.24) is 19.3 Å². The highest BCUT2D eigenvalue weighted by molar-refractivity contribution is 7.91. The van der Waals surface area contributed by atoms with E-state index in [1.54, 1.807) is 6.33 Å². The molecule has 1 unspecified atom stereocenters. The Morgan fingerprint density at radius 2 is 2.00 bits per heavy atom. The molecular formula is C18H20N4O2S. The summed E-state index contributed by atoms with van der Waals surface area (Å²) >= 11 is 0. The Balaban J connectivity index is 1.86. The molecule has 1 atom stereocenters. The Kier molecular flexibility index (Phi) is 3.95. The zero-order chi connectivity index (χ0) is 17.4. The van der Waals surface area contributed by atoms with Gasteiger partial charge in [0.1, 0.15) is 0 Å². The lowest BCUT2D eigenvalue weighted by Gasteiger charge is -2.14. The van der Waals surface area contributed by atoms with Crippen LogP contribution in [0.4, 0.5) is 0 Å². The number of sulfone groups is 1. The lowest BCUT2D eigenvalue weighted by Crippen LogP contribution is -2.11. The summed E-state index contributed by atoms with van der Waals surface area (Å²) < 4.78 is 27.8. The van der Waals surface area contributed by atoms with Gasteiger partial charge in [0.15, 0.2) is 9.84 Å². The first kappa shape index (κ1) is 16.1. The molecule has 0 N–H and O–H groups in total. The molecule has 0 saturated carbocycles. The molecule has 3 aromatic rings. The van der Waals surface area contributed by atoms with E-state index in [-0.39, 0.29) is 17.5 Å². The fourth-order valence-electron chi connectivity index (χ4n) is 3.38. The summed E-state index contributed by atoms with van der Waals surface area (Å²) in [5.74, 6) is 0.413. The predicted molar refractivity (Wildman–Crippen MR) is 96.9 cm³/mol. The van der Waals surface area contributed by atoms with Crippen LogP contribution in [0.1, 0.15) is 19.4 Å². The Hall–Kier alpha value is -2.41. The van der Waals surface area contributed by atoms with Crippen molar-refractivity contribution in [1.29, 1.82) is 0 Å². The van der Waals surface area contributed by atoms with E-state index in [0.29, 0.717) is 6.42 Å². The highest BCUT2D eigenvalue weighted by atomic mass is 32.2. The smallest absolute Gasteiger partial charge is 0.152 e. The number of aromatic nitrogens is 4. The van der Waals surface area contributed by atoms with Crippen LogP contribution in [-0.2, 0) is 16.4 Å². The van der Waals surface area contributed by atoms with Gasteiger partial charge in [-0.3, -0.25) is 4.68 Å². The van der Waals surface area contributed by atoms with Crippen molar-refractivity contribution in [2.45, 2.75) is 25.9 Å². The van der Waals surface area contributed by atoms with Crippen molar-refractivity contribution in [2.24, 2.45) is 0 Å². The maximum absolute atomic E-state index is 11.9. The van der Waals surface area contributed by atoms with Crippen LogP contribution < -0.4 is 0 Å². The van der Waals surface area contributed by atoms with Crippen molar-refractivity contribution in [2.75, 3.05) is 11.5 Å². The molecule has 3 heterocycles. The highest BCUT2D eigenvalue weighted by Gasteiger charge is 2.31. The number of imidazole rings is 1. The van der Waals surface area contributed by atoms with Gasteiger partial charge in [0.2, 0.25) is 0 Å². The summed E-state index contributed by atoms with van der Waals surface area (Å²) in [6, 6.07) is 9.90. The first-order valence-corrected chi connectivity index (χ1v) is 10.2. The highest BCUT2D eigenvalue weighted by Crippen LogP contribution is 2.35. The molecule has 0 spiro atoms. The largest absolute Gasteiger partial charge is 0.326 e. The van der Waals surface area contributed by atoms with Crippen molar-refractivity contribution >= 4 is 9.84 Å². The Morgan fingerprint density at radius 3 is 2.64 bits per heavy atom. The second-order valence-corrected chi connectivity index (χ2v) is 8.59. The second kappa shape index (κ2) is 6.15. The number of benzene rings is 1. The number of hydrogen-bond donors (Lipinski definition) is 0. The van der Waals surface area contributed by atoms with E-state index < -0.39 is 9.84 Å². The third kappa shape index (κ3) is 3.00. The SMILES string of the molecule is CCn1cc(-c2c(-c3ccccc3)ncn2C2CCS(=O)(=O)C2)cn1. The maximum atomic E-state index is 11.9. The van der Waals surface area contributed by atoms with E-state index in [9.17, 15) is 8.42 Å². The van der Waals surface area contributed by atoms with Gasteiger partial charge in [-0.15, -0.1) is 0 Å². The molecule has 6 nitrogen and oxygen atoms in total. The molecule has 1 aromatic carbocycles. The standard InChI is InChI=1S/C18H20N4O2S/c1-2-21-11-15(10-20-21)18-17(14-6-4-3-5-7-14)19-13-22(18)16-8-9-25(23,24)12-16/h3-7,10-11,13,16H,2,8-9,12H2,1H3. The van der Waals surface area contributed by atoms with Gasteiger partial charge in [-0.1, -0.05) is 30.3 Å². The minimum atomic E-state index is -2.97. The van der Waals surface area contributed by atoms with Crippen molar-refractivity contribution in [3.63, 3.8) is 0 Å². The molecule has 0 amide bonds. The van der Waals surface area contributed by atoms with Crippen LogP contribution in [0.2, 0.25) is 0 Å². The van der Waals surface area contributed by atoms with Gasteiger partial charge in [0.05, 0.1) is 41.5 Å². The fraction of sp³-hybridized carbons (Fsp3) is 0.333. The van der Waals surface area contributed by atoms with Gasteiger partial charge >= 0.3 is 0 Å². The van der Waals surface area contributed by atoms with Gasteiger partial charge < -0.3 is 4.57 Å². The topological polar surface area (TPSA) is 69.8 Å². The molecule has 1 fully saturated rings. The van der Waals surface area contributed by atoms with E-state index in [4.69, 9.17) is 0 Å². The summed E-state index contributed by atoms with van der Waals surface area (Å²) in [7, 11) is -2.97. The fourth-order valence-corrected chi connectivity index (χ4v) is 5.10. The number of rotatable bonds is 4. The Labute approximate surface area is 147 Å².